The van der Waals surface area contributed by atoms with Gasteiger partial charge in [-0.1, -0.05) is 81.4 Å². The summed E-state index contributed by atoms with van der Waals surface area (Å²) in [6.45, 7) is 6.56. The zero-order valence-corrected chi connectivity index (χ0v) is 12.7. The molecule has 0 spiro atoms. The highest BCUT2D eigenvalue weighted by Crippen LogP contribution is 2.47. The Kier molecular flexibility index (Phi) is 3.93. The fourth-order valence-electron chi connectivity index (χ4n) is 2.65. The van der Waals surface area contributed by atoms with Gasteiger partial charge in [0.1, 0.15) is 5.60 Å². The van der Waals surface area contributed by atoms with Crippen molar-refractivity contribution in [2.75, 3.05) is 0 Å². The van der Waals surface area contributed by atoms with Crippen molar-refractivity contribution >= 4 is 10.5 Å². The molecule has 0 atom stereocenters. The first-order valence-electron chi connectivity index (χ1n) is 6.48. The molecule has 19 heavy (non-hydrogen) atoms. The van der Waals surface area contributed by atoms with Gasteiger partial charge in [0.15, 0.2) is 0 Å². The predicted octanol–water partition coefficient (Wildman–Crippen LogP) is 4.08. The van der Waals surface area contributed by atoms with Gasteiger partial charge in [-0.05, 0) is 16.5 Å². The number of benzene rings is 2. The summed E-state index contributed by atoms with van der Waals surface area (Å²) in [4.78, 5) is 0. The van der Waals surface area contributed by atoms with Crippen LogP contribution in [0.3, 0.4) is 0 Å². The van der Waals surface area contributed by atoms with Crippen molar-refractivity contribution in [2.24, 2.45) is 5.41 Å². The van der Waals surface area contributed by atoms with Crippen molar-refractivity contribution in [3.63, 3.8) is 0 Å². The van der Waals surface area contributed by atoms with Gasteiger partial charge in [-0.2, -0.15) is 0 Å². The van der Waals surface area contributed by atoms with Crippen LogP contribution in [0.1, 0.15) is 31.9 Å². The van der Waals surface area contributed by atoms with E-state index in [1.807, 2.05) is 36.4 Å². The van der Waals surface area contributed by atoms with Gasteiger partial charge in [0, 0.05) is 0 Å². The van der Waals surface area contributed by atoms with E-state index in [2.05, 4.69) is 55.5 Å². The molecule has 3 radical (unpaired) electrons. The molecule has 2 rings (SSSR count). The van der Waals surface area contributed by atoms with Crippen LogP contribution in [0, 0.1) is 5.41 Å². The second-order valence-electron chi connectivity index (χ2n) is 5.77. The Hall–Kier alpha value is -1.38. The van der Waals surface area contributed by atoms with Gasteiger partial charge in [0.25, 0.3) is 0 Å². The molecule has 0 unspecified atom stereocenters. The maximum atomic E-state index is 5.88. The van der Waals surface area contributed by atoms with Gasteiger partial charge in [-0.3, -0.25) is 0 Å². The van der Waals surface area contributed by atoms with E-state index in [0.717, 1.165) is 11.1 Å². The van der Waals surface area contributed by atoms with Crippen molar-refractivity contribution < 1.29 is 4.43 Å². The van der Waals surface area contributed by atoms with Crippen molar-refractivity contribution in [2.45, 2.75) is 26.4 Å². The van der Waals surface area contributed by atoms with Crippen LogP contribution in [0.2, 0.25) is 0 Å². The van der Waals surface area contributed by atoms with Gasteiger partial charge in [0.2, 0.25) is 10.5 Å². The third kappa shape index (κ3) is 2.38. The minimum Gasteiger partial charge on any atom is -0.405 e. The van der Waals surface area contributed by atoms with Crippen molar-refractivity contribution in [1.82, 2.24) is 0 Å². The van der Waals surface area contributed by atoms with E-state index in [9.17, 15) is 0 Å². The van der Waals surface area contributed by atoms with Gasteiger partial charge < -0.3 is 4.43 Å². The fraction of sp³-hybridized carbons (Fsp3) is 0.294. The van der Waals surface area contributed by atoms with Crippen LogP contribution in [0.4, 0.5) is 0 Å². The summed E-state index contributed by atoms with van der Waals surface area (Å²) in [6, 6.07) is 20.7. The molecule has 2 aromatic rings. The standard InChI is InChI=1S/C17H19OSi/c1-16(2,3)17(18-19,14-10-6-4-7-11-14)15-12-8-5-9-13-15/h4-13H,1-3H3. The third-order valence-electron chi connectivity index (χ3n) is 3.57. The van der Waals surface area contributed by atoms with Crippen LogP contribution >= 0.6 is 0 Å². The summed E-state index contributed by atoms with van der Waals surface area (Å²) in [5.74, 6) is 0. The molecule has 2 aromatic carbocycles. The molecule has 2 heteroatoms. The highest BCUT2D eigenvalue weighted by atomic mass is 28.2. The SMILES string of the molecule is CC(C)(C)C(O[Si])(c1ccccc1)c1ccccc1. The van der Waals surface area contributed by atoms with E-state index in [1.165, 1.54) is 0 Å². The topological polar surface area (TPSA) is 9.23 Å². The van der Waals surface area contributed by atoms with Crippen molar-refractivity contribution in [1.29, 1.82) is 0 Å². The quantitative estimate of drug-likeness (QED) is 0.762. The van der Waals surface area contributed by atoms with E-state index < -0.39 is 5.60 Å². The van der Waals surface area contributed by atoms with Crippen molar-refractivity contribution in [3.05, 3.63) is 71.8 Å². The summed E-state index contributed by atoms with van der Waals surface area (Å²) >= 11 is 0. The summed E-state index contributed by atoms with van der Waals surface area (Å²) in [5, 5.41) is 0. The summed E-state index contributed by atoms with van der Waals surface area (Å²) in [7, 11) is 3.34. The van der Waals surface area contributed by atoms with Gasteiger partial charge in [-0.15, -0.1) is 0 Å². The largest absolute Gasteiger partial charge is 0.405 e. The Morgan fingerprint density at radius 2 is 1.11 bits per heavy atom. The summed E-state index contributed by atoms with van der Waals surface area (Å²) in [5.41, 5.74) is 1.66. The lowest BCUT2D eigenvalue weighted by atomic mass is 9.68. The van der Waals surface area contributed by atoms with Crippen LogP contribution in [0.5, 0.6) is 0 Å². The lowest BCUT2D eigenvalue weighted by Gasteiger charge is -2.45. The van der Waals surface area contributed by atoms with Crippen LogP contribution in [0.25, 0.3) is 0 Å². The molecule has 0 saturated carbocycles. The molecule has 0 aliphatic rings. The normalized spacial score (nSPS) is 12.4. The van der Waals surface area contributed by atoms with E-state index in [4.69, 9.17) is 4.43 Å². The average molecular weight is 267 g/mol. The molecule has 0 bridgehead atoms. The summed E-state index contributed by atoms with van der Waals surface area (Å²) < 4.78 is 5.88. The van der Waals surface area contributed by atoms with Gasteiger partial charge in [0.05, 0.1) is 0 Å². The number of hydrogen-bond acceptors (Lipinski definition) is 1. The Morgan fingerprint density at radius 1 is 0.737 bits per heavy atom. The van der Waals surface area contributed by atoms with E-state index in [0.29, 0.717) is 0 Å². The summed E-state index contributed by atoms with van der Waals surface area (Å²) in [6.07, 6.45) is 0. The van der Waals surface area contributed by atoms with E-state index >= 15 is 0 Å². The second kappa shape index (κ2) is 5.31. The molecular formula is C17H19OSi. The maximum absolute atomic E-state index is 5.88. The Bertz CT molecular complexity index is 474. The Labute approximate surface area is 119 Å². The molecular weight excluding hydrogens is 248 g/mol. The lowest BCUT2D eigenvalue weighted by molar-refractivity contribution is 0.00678. The monoisotopic (exact) mass is 267 g/mol. The molecule has 0 N–H and O–H groups in total. The minimum atomic E-state index is -0.521. The first-order valence-corrected chi connectivity index (χ1v) is 6.89. The number of hydrogen-bond donors (Lipinski definition) is 0. The van der Waals surface area contributed by atoms with Gasteiger partial charge >= 0.3 is 0 Å². The van der Waals surface area contributed by atoms with E-state index in [1.54, 1.807) is 0 Å². The zero-order valence-electron chi connectivity index (χ0n) is 11.7. The first kappa shape index (κ1) is 14.0. The van der Waals surface area contributed by atoms with Crippen molar-refractivity contribution in [3.8, 4) is 0 Å². The van der Waals surface area contributed by atoms with Crippen LogP contribution in [0.15, 0.2) is 60.7 Å². The molecule has 0 aromatic heterocycles. The maximum Gasteiger partial charge on any atom is 0.248 e. The highest BCUT2D eigenvalue weighted by molar-refractivity contribution is 5.98. The fourth-order valence-corrected chi connectivity index (χ4v) is 3.19. The Balaban J connectivity index is 2.70. The molecule has 0 fully saturated rings. The minimum absolute atomic E-state index is 0.0997. The number of rotatable bonds is 3. The predicted molar refractivity (Wildman–Crippen MR) is 80.0 cm³/mol. The van der Waals surface area contributed by atoms with Crippen LogP contribution in [-0.2, 0) is 10.0 Å². The molecule has 0 aliphatic carbocycles. The molecule has 0 heterocycles. The highest BCUT2D eigenvalue weighted by Gasteiger charge is 2.44. The van der Waals surface area contributed by atoms with Crippen LogP contribution in [-0.4, -0.2) is 10.5 Å². The van der Waals surface area contributed by atoms with E-state index in [-0.39, 0.29) is 5.41 Å². The average Bonchev–Trinajstić information content (AvgIpc) is 2.41. The molecule has 97 valence electrons. The lowest BCUT2D eigenvalue weighted by Crippen LogP contribution is -2.43. The first-order chi connectivity index (χ1) is 9.02. The smallest absolute Gasteiger partial charge is 0.248 e. The zero-order chi connectivity index (χ0) is 13.9. The molecule has 0 saturated heterocycles. The van der Waals surface area contributed by atoms with Crippen LogP contribution < -0.4 is 0 Å². The molecule has 1 nitrogen and oxygen atoms in total. The molecule has 0 aliphatic heterocycles. The third-order valence-corrected chi connectivity index (χ3v) is 3.88. The molecule has 0 amide bonds. The van der Waals surface area contributed by atoms with Gasteiger partial charge in [-0.25, -0.2) is 0 Å². The Morgan fingerprint density at radius 3 is 1.37 bits per heavy atom. The second-order valence-corrected chi connectivity index (χ2v) is 5.97.